The minimum atomic E-state index is -5.05. The molecular formula is C15H22IN2O14P. The smallest absolute Gasteiger partial charge is 0.394 e. The lowest BCUT2D eigenvalue weighted by molar-refractivity contribution is -0.281. The molecule has 0 bridgehead atoms. The van der Waals surface area contributed by atoms with Crippen molar-refractivity contribution < 1.29 is 58.6 Å². The molecule has 3 heterocycles. The van der Waals surface area contributed by atoms with Crippen LogP contribution in [0, 0.1) is 3.57 Å². The molecule has 2 aliphatic heterocycles. The van der Waals surface area contributed by atoms with E-state index in [1.54, 1.807) is 22.6 Å². The Morgan fingerprint density at radius 2 is 1.67 bits per heavy atom. The van der Waals surface area contributed by atoms with Crippen molar-refractivity contribution in [1.29, 1.82) is 0 Å². The van der Waals surface area contributed by atoms with Crippen LogP contribution >= 0.6 is 30.4 Å². The van der Waals surface area contributed by atoms with Crippen LogP contribution in [0.4, 0.5) is 0 Å². The summed E-state index contributed by atoms with van der Waals surface area (Å²) >= 11 is 1.64. The molecule has 0 amide bonds. The summed E-state index contributed by atoms with van der Waals surface area (Å²) in [6.45, 7) is -1.64. The number of aromatic nitrogens is 2. The molecule has 0 radical (unpaired) electrons. The van der Waals surface area contributed by atoms with Crippen molar-refractivity contribution in [2.45, 2.75) is 55.2 Å². The lowest BCUT2D eigenvalue weighted by Crippen LogP contribution is -2.58. The first-order valence-electron chi connectivity index (χ1n) is 9.35. The summed E-state index contributed by atoms with van der Waals surface area (Å²) in [5.41, 5.74) is -1.60. The number of aliphatic hydroxyl groups excluding tert-OH is 6. The summed E-state index contributed by atoms with van der Waals surface area (Å²) in [6.07, 6.45) is -14.1. The number of phosphoric ester groups is 1. The highest BCUT2D eigenvalue weighted by molar-refractivity contribution is 14.1. The Balaban J connectivity index is 1.65. The van der Waals surface area contributed by atoms with E-state index < -0.39 is 87.5 Å². The van der Waals surface area contributed by atoms with Crippen molar-refractivity contribution in [3.8, 4) is 0 Å². The molecule has 0 spiro atoms. The Morgan fingerprint density at radius 1 is 1.03 bits per heavy atom. The fourth-order valence-corrected chi connectivity index (χ4v) is 4.50. The first-order chi connectivity index (χ1) is 15.4. The van der Waals surface area contributed by atoms with Crippen molar-refractivity contribution in [1.82, 2.24) is 9.55 Å². The molecule has 16 nitrogen and oxygen atoms in total. The summed E-state index contributed by atoms with van der Waals surface area (Å²) < 4.78 is 32.9. The topological polar surface area (TPSA) is 250 Å². The van der Waals surface area contributed by atoms with E-state index in [4.69, 9.17) is 19.1 Å². The molecular weight excluding hydrogens is 590 g/mol. The van der Waals surface area contributed by atoms with E-state index >= 15 is 0 Å². The lowest BCUT2D eigenvalue weighted by atomic mass is 10.00. The molecule has 18 heteroatoms. The van der Waals surface area contributed by atoms with Gasteiger partial charge in [0, 0.05) is 6.20 Å². The number of aliphatic hydroxyl groups is 6. The van der Waals surface area contributed by atoms with E-state index in [0.717, 1.165) is 10.8 Å². The first-order valence-corrected chi connectivity index (χ1v) is 11.9. The fourth-order valence-electron chi connectivity index (χ4n) is 3.23. The summed E-state index contributed by atoms with van der Waals surface area (Å²) in [5.74, 6) is 0. The van der Waals surface area contributed by atoms with Gasteiger partial charge in [-0.25, -0.2) is 9.36 Å². The van der Waals surface area contributed by atoms with Crippen LogP contribution < -0.4 is 11.2 Å². The highest BCUT2D eigenvalue weighted by Crippen LogP contribution is 2.47. The molecule has 2 saturated heterocycles. The number of hydrogen-bond acceptors (Lipinski definition) is 13. The number of aromatic amines is 1. The molecule has 2 aliphatic rings. The standard InChI is InChI=1S/C15H22IN2O14P/c16-4-1-18(15(26)17-12(4)25)13-10(23)8(21)6(30-13)3-29-33(27,28)32-14-11(24)9(22)7(20)5(2-19)31-14/h1,5-11,13-14,19-24H,2-3H2,(H,27,28)(H,17,25,26)/t5-,6-,7+,8-,9+,10-,11-,13-,14-/m1/s1. The van der Waals surface area contributed by atoms with Crippen molar-refractivity contribution in [3.63, 3.8) is 0 Å². The van der Waals surface area contributed by atoms with E-state index in [9.17, 15) is 44.6 Å². The van der Waals surface area contributed by atoms with Crippen LogP contribution in [0.5, 0.6) is 0 Å². The summed E-state index contributed by atoms with van der Waals surface area (Å²) in [7, 11) is -5.05. The second kappa shape index (κ2) is 10.4. The Hall–Kier alpha value is -0.800. The number of halogens is 1. The summed E-state index contributed by atoms with van der Waals surface area (Å²) in [5, 5.41) is 58.9. The predicted octanol–water partition coefficient (Wildman–Crippen LogP) is -4.31. The van der Waals surface area contributed by atoms with Gasteiger partial charge in [0.05, 0.1) is 16.8 Å². The van der Waals surface area contributed by atoms with Gasteiger partial charge in [0.25, 0.3) is 5.56 Å². The van der Waals surface area contributed by atoms with Gasteiger partial charge >= 0.3 is 13.5 Å². The molecule has 2 fully saturated rings. The molecule has 1 unspecified atom stereocenters. The number of ether oxygens (including phenoxy) is 2. The second-order valence-corrected chi connectivity index (χ2v) is 9.83. The second-order valence-electron chi connectivity index (χ2n) is 7.26. The average Bonchev–Trinajstić information content (AvgIpc) is 3.03. The normalized spacial score (nSPS) is 38.8. The number of H-pyrrole nitrogens is 1. The highest BCUT2D eigenvalue weighted by Gasteiger charge is 2.48. The molecule has 33 heavy (non-hydrogen) atoms. The van der Waals surface area contributed by atoms with E-state index in [2.05, 4.69) is 4.52 Å². The molecule has 10 atom stereocenters. The number of nitrogens with zero attached hydrogens (tertiary/aromatic N) is 1. The zero-order valence-electron chi connectivity index (χ0n) is 16.4. The van der Waals surface area contributed by atoms with Gasteiger partial charge in [-0.2, -0.15) is 0 Å². The quantitative estimate of drug-likeness (QED) is 0.107. The summed E-state index contributed by atoms with van der Waals surface area (Å²) in [4.78, 5) is 35.4. The Morgan fingerprint density at radius 3 is 2.30 bits per heavy atom. The van der Waals surface area contributed by atoms with E-state index in [-0.39, 0.29) is 3.57 Å². The van der Waals surface area contributed by atoms with Gasteiger partial charge in [-0.05, 0) is 22.6 Å². The number of rotatable bonds is 7. The van der Waals surface area contributed by atoms with Crippen LogP contribution in [0.15, 0.2) is 15.8 Å². The summed E-state index contributed by atoms with van der Waals surface area (Å²) in [6, 6.07) is 0. The lowest BCUT2D eigenvalue weighted by Gasteiger charge is -2.39. The van der Waals surface area contributed by atoms with E-state index in [1.807, 2.05) is 4.98 Å². The number of phosphoric acid groups is 1. The molecule has 0 aromatic carbocycles. The number of hydrogen-bond donors (Lipinski definition) is 8. The van der Waals surface area contributed by atoms with Crippen molar-refractivity contribution >= 4 is 30.4 Å². The monoisotopic (exact) mass is 612 g/mol. The van der Waals surface area contributed by atoms with Crippen molar-refractivity contribution in [3.05, 3.63) is 30.6 Å². The minimum absolute atomic E-state index is 0.0879. The zero-order chi connectivity index (χ0) is 24.7. The van der Waals surface area contributed by atoms with Gasteiger partial charge in [0.15, 0.2) is 12.5 Å². The van der Waals surface area contributed by atoms with Crippen LogP contribution in [0.1, 0.15) is 6.23 Å². The Bertz CT molecular complexity index is 1000. The van der Waals surface area contributed by atoms with Crippen molar-refractivity contribution in [2.24, 2.45) is 0 Å². The van der Waals surface area contributed by atoms with Crippen LogP contribution in [-0.2, 0) is 23.1 Å². The third-order valence-electron chi connectivity index (χ3n) is 5.02. The Labute approximate surface area is 197 Å². The maximum atomic E-state index is 12.3. The largest absolute Gasteiger partial charge is 0.474 e. The van der Waals surface area contributed by atoms with Crippen LogP contribution in [-0.4, -0.2) is 107 Å². The third kappa shape index (κ3) is 5.72. The van der Waals surface area contributed by atoms with Gasteiger partial charge in [-0.15, -0.1) is 0 Å². The molecule has 3 rings (SSSR count). The van der Waals surface area contributed by atoms with Gasteiger partial charge < -0.3 is 45.0 Å². The SMILES string of the molecule is O=c1[nH]c(=O)n([C@@H]2O[C@H](COP(=O)(O)O[C@H]3O[C@H](CO)[C@H](O)[C@H](O)[C@H]3O)[C@@H](O)[C@H]2O)cc1I. The third-order valence-corrected chi connectivity index (χ3v) is 6.74. The zero-order valence-corrected chi connectivity index (χ0v) is 19.5. The van der Waals surface area contributed by atoms with Crippen molar-refractivity contribution in [2.75, 3.05) is 13.2 Å². The number of nitrogens with one attached hydrogen (secondary N) is 1. The van der Waals surface area contributed by atoms with Crippen LogP contribution in [0.25, 0.3) is 0 Å². The van der Waals surface area contributed by atoms with Crippen LogP contribution in [0.2, 0.25) is 0 Å². The van der Waals surface area contributed by atoms with Crippen LogP contribution in [0.3, 0.4) is 0 Å². The first kappa shape index (κ1) is 26.8. The minimum Gasteiger partial charge on any atom is -0.394 e. The van der Waals surface area contributed by atoms with Gasteiger partial charge in [0.2, 0.25) is 0 Å². The maximum Gasteiger partial charge on any atom is 0.474 e. The molecule has 0 saturated carbocycles. The maximum absolute atomic E-state index is 12.3. The highest BCUT2D eigenvalue weighted by atomic mass is 127. The predicted molar refractivity (Wildman–Crippen MR) is 111 cm³/mol. The van der Waals surface area contributed by atoms with Gasteiger partial charge in [0.1, 0.15) is 42.7 Å². The fraction of sp³-hybridized carbons (Fsp3) is 0.733. The molecule has 1 aromatic rings. The molecule has 8 N–H and O–H groups in total. The average molecular weight is 612 g/mol. The van der Waals surface area contributed by atoms with Gasteiger partial charge in [-0.1, -0.05) is 0 Å². The van der Waals surface area contributed by atoms with E-state index in [1.165, 1.54) is 0 Å². The van der Waals surface area contributed by atoms with Gasteiger partial charge in [-0.3, -0.25) is 23.4 Å². The Kier molecular flexibility index (Phi) is 8.48. The molecule has 1 aromatic heterocycles. The molecule has 0 aliphatic carbocycles. The molecule has 188 valence electrons. The van der Waals surface area contributed by atoms with E-state index in [0.29, 0.717) is 0 Å².